The van der Waals surface area contributed by atoms with Gasteiger partial charge in [0, 0.05) is 29.9 Å². The molecular formula is C22H23N7OS. The zero-order valence-corrected chi connectivity index (χ0v) is 18.6. The minimum absolute atomic E-state index is 0.0160. The van der Waals surface area contributed by atoms with Gasteiger partial charge in [0.1, 0.15) is 0 Å². The molecule has 0 amide bonds. The number of benzene rings is 1. The quantitative estimate of drug-likeness (QED) is 0.379. The third-order valence-electron chi connectivity index (χ3n) is 5.37. The van der Waals surface area contributed by atoms with E-state index in [0.717, 1.165) is 40.6 Å². The number of hydrogen-bond donors (Lipinski definition) is 0. The van der Waals surface area contributed by atoms with Gasteiger partial charge in [-0.1, -0.05) is 37.2 Å². The molecule has 0 aliphatic rings. The SMILES string of the molecule is CCCCn1c(=O)c2ccccc2n2c(SCc3cn4c(C)cc(C)nc4n3)nnc12. The molecule has 4 heterocycles. The van der Waals surface area contributed by atoms with Gasteiger partial charge in [0.05, 0.1) is 16.6 Å². The van der Waals surface area contributed by atoms with Crippen molar-refractivity contribution in [3.05, 3.63) is 64.0 Å². The first-order valence-corrected chi connectivity index (χ1v) is 11.4. The van der Waals surface area contributed by atoms with Crippen LogP contribution in [0.15, 0.2) is 46.5 Å². The normalized spacial score (nSPS) is 11.8. The lowest BCUT2D eigenvalue weighted by Gasteiger charge is -2.10. The molecule has 0 saturated carbocycles. The summed E-state index contributed by atoms with van der Waals surface area (Å²) in [5.41, 5.74) is 3.79. The molecule has 1 aromatic carbocycles. The van der Waals surface area contributed by atoms with Crippen molar-refractivity contribution in [2.24, 2.45) is 0 Å². The number of unbranched alkanes of at least 4 members (excludes halogenated alkanes) is 1. The molecule has 0 aliphatic heterocycles. The van der Waals surface area contributed by atoms with Gasteiger partial charge in [-0.2, -0.15) is 0 Å². The molecular weight excluding hydrogens is 410 g/mol. The van der Waals surface area contributed by atoms with E-state index in [-0.39, 0.29) is 5.56 Å². The van der Waals surface area contributed by atoms with E-state index < -0.39 is 0 Å². The average Bonchev–Trinajstić information content (AvgIpc) is 3.36. The molecule has 0 spiro atoms. The van der Waals surface area contributed by atoms with Crippen LogP contribution >= 0.6 is 11.8 Å². The summed E-state index contributed by atoms with van der Waals surface area (Å²) in [6.45, 7) is 6.76. The van der Waals surface area contributed by atoms with Gasteiger partial charge in [0.25, 0.3) is 5.56 Å². The van der Waals surface area contributed by atoms with E-state index in [1.165, 1.54) is 0 Å². The molecule has 9 heteroatoms. The standard InChI is InChI=1S/C22H23N7OS/c1-4-5-10-27-19(30)17-8-6-7-9-18(17)29-21(27)25-26-22(29)31-13-16-12-28-15(3)11-14(2)23-20(28)24-16/h6-9,11-12H,4-5,10,13H2,1-3H3. The Kier molecular flexibility index (Phi) is 4.97. The Bertz CT molecular complexity index is 1480. The molecule has 31 heavy (non-hydrogen) atoms. The predicted molar refractivity (Wildman–Crippen MR) is 122 cm³/mol. The van der Waals surface area contributed by atoms with Gasteiger partial charge in [0.2, 0.25) is 11.6 Å². The Balaban J connectivity index is 1.57. The second kappa shape index (κ2) is 7.81. The highest BCUT2D eigenvalue weighted by molar-refractivity contribution is 7.98. The van der Waals surface area contributed by atoms with Crippen LogP contribution in [0.5, 0.6) is 0 Å². The molecule has 5 rings (SSSR count). The van der Waals surface area contributed by atoms with Crippen LogP contribution in [0.2, 0.25) is 0 Å². The third kappa shape index (κ3) is 3.38. The summed E-state index contributed by atoms with van der Waals surface area (Å²) in [6.07, 6.45) is 3.93. The maximum atomic E-state index is 13.1. The van der Waals surface area contributed by atoms with Gasteiger partial charge in [-0.15, -0.1) is 10.2 Å². The van der Waals surface area contributed by atoms with Gasteiger partial charge < -0.3 is 0 Å². The first-order chi connectivity index (χ1) is 15.1. The van der Waals surface area contributed by atoms with Crippen LogP contribution < -0.4 is 5.56 Å². The molecule has 0 fully saturated rings. The van der Waals surface area contributed by atoms with Crippen LogP contribution in [0.4, 0.5) is 0 Å². The number of imidazole rings is 1. The van der Waals surface area contributed by atoms with Crippen molar-refractivity contribution < 1.29 is 0 Å². The topological polar surface area (TPSA) is 82.4 Å². The number of aryl methyl sites for hydroxylation is 3. The van der Waals surface area contributed by atoms with Gasteiger partial charge >= 0.3 is 0 Å². The number of rotatable bonds is 6. The summed E-state index contributed by atoms with van der Waals surface area (Å²) in [6, 6.07) is 9.68. The van der Waals surface area contributed by atoms with E-state index in [1.807, 2.05) is 59.2 Å². The highest BCUT2D eigenvalue weighted by atomic mass is 32.2. The number of aromatic nitrogens is 7. The van der Waals surface area contributed by atoms with Gasteiger partial charge in [0.15, 0.2) is 5.16 Å². The number of para-hydroxylation sites is 1. The molecule has 0 aliphatic carbocycles. The highest BCUT2D eigenvalue weighted by Crippen LogP contribution is 2.25. The van der Waals surface area contributed by atoms with Gasteiger partial charge in [-0.25, -0.2) is 9.97 Å². The van der Waals surface area contributed by atoms with Gasteiger partial charge in [-0.3, -0.25) is 18.2 Å². The van der Waals surface area contributed by atoms with Crippen molar-refractivity contribution in [3.63, 3.8) is 0 Å². The first kappa shape index (κ1) is 19.7. The Morgan fingerprint density at radius 2 is 1.94 bits per heavy atom. The van der Waals surface area contributed by atoms with Crippen molar-refractivity contribution in [3.8, 4) is 0 Å². The van der Waals surface area contributed by atoms with E-state index >= 15 is 0 Å². The van der Waals surface area contributed by atoms with Crippen LogP contribution in [0.25, 0.3) is 22.5 Å². The van der Waals surface area contributed by atoms with Crippen LogP contribution in [0.1, 0.15) is 36.8 Å². The number of fused-ring (bicyclic) bond motifs is 4. The number of hydrogen-bond acceptors (Lipinski definition) is 6. The maximum Gasteiger partial charge on any atom is 0.262 e. The first-order valence-electron chi connectivity index (χ1n) is 10.4. The van der Waals surface area contributed by atoms with E-state index in [0.29, 0.717) is 29.2 Å². The lowest BCUT2D eigenvalue weighted by molar-refractivity contribution is 0.620. The van der Waals surface area contributed by atoms with Crippen molar-refractivity contribution in [1.29, 1.82) is 0 Å². The highest BCUT2D eigenvalue weighted by Gasteiger charge is 2.17. The van der Waals surface area contributed by atoms with E-state index in [1.54, 1.807) is 16.3 Å². The monoisotopic (exact) mass is 433 g/mol. The van der Waals surface area contributed by atoms with Crippen LogP contribution in [-0.2, 0) is 12.3 Å². The molecule has 0 unspecified atom stereocenters. The summed E-state index contributed by atoms with van der Waals surface area (Å²) in [5, 5.41) is 10.2. The molecule has 0 saturated heterocycles. The Labute approximate surface area is 183 Å². The fourth-order valence-corrected chi connectivity index (χ4v) is 4.69. The van der Waals surface area contributed by atoms with Crippen LogP contribution in [-0.4, -0.2) is 33.5 Å². The number of thioether (sulfide) groups is 1. The molecule has 5 aromatic rings. The van der Waals surface area contributed by atoms with E-state index in [2.05, 4.69) is 27.1 Å². The smallest absolute Gasteiger partial charge is 0.262 e. The Morgan fingerprint density at radius 3 is 2.77 bits per heavy atom. The summed E-state index contributed by atoms with van der Waals surface area (Å²) in [4.78, 5) is 22.2. The summed E-state index contributed by atoms with van der Waals surface area (Å²) >= 11 is 1.56. The van der Waals surface area contributed by atoms with Crippen molar-refractivity contribution in [1.82, 2.24) is 33.5 Å². The lowest BCUT2D eigenvalue weighted by atomic mass is 10.2. The predicted octanol–water partition coefficient (Wildman–Crippen LogP) is 3.80. The Hall–Kier alpha value is -3.20. The molecule has 0 N–H and O–H groups in total. The fourth-order valence-electron chi connectivity index (χ4n) is 3.87. The third-order valence-corrected chi connectivity index (χ3v) is 6.34. The van der Waals surface area contributed by atoms with E-state index in [4.69, 9.17) is 0 Å². The minimum Gasteiger partial charge on any atom is -0.288 e. The zero-order chi connectivity index (χ0) is 21.5. The minimum atomic E-state index is -0.0160. The summed E-state index contributed by atoms with van der Waals surface area (Å²) in [5.74, 6) is 1.92. The second-order valence-electron chi connectivity index (χ2n) is 7.68. The lowest BCUT2D eigenvalue weighted by Crippen LogP contribution is -2.23. The molecule has 0 radical (unpaired) electrons. The molecule has 158 valence electrons. The average molecular weight is 434 g/mol. The molecule has 0 atom stereocenters. The zero-order valence-electron chi connectivity index (χ0n) is 17.7. The maximum absolute atomic E-state index is 13.1. The van der Waals surface area contributed by atoms with Crippen molar-refractivity contribution in [2.45, 2.75) is 51.1 Å². The van der Waals surface area contributed by atoms with Crippen molar-refractivity contribution >= 4 is 34.2 Å². The molecule has 4 aromatic heterocycles. The van der Waals surface area contributed by atoms with Crippen molar-refractivity contribution in [2.75, 3.05) is 0 Å². The molecule has 8 nitrogen and oxygen atoms in total. The number of nitrogens with zero attached hydrogens (tertiary/aromatic N) is 7. The fraction of sp³-hybridized carbons (Fsp3) is 0.318. The molecule has 0 bridgehead atoms. The summed E-state index contributed by atoms with van der Waals surface area (Å²) in [7, 11) is 0. The second-order valence-corrected chi connectivity index (χ2v) is 8.62. The van der Waals surface area contributed by atoms with Crippen LogP contribution in [0, 0.1) is 13.8 Å². The largest absolute Gasteiger partial charge is 0.288 e. The van der Waals surface area contributed by atoms with Crippen LogP contribution in [0.3, 0.4) is 0 Å². The summed E-state index contributed by atoms with van der Waals surface area (Å²) < 4.78 is 5.73. The van der Waals surface area contributed by atoms with Gasteiger partial charge in [-0.05, 0) is 38.5 Å². The van der Waals surface area contributed by atoms with E-state index in [9.17, 15) is 4.79 Å². The Morgan fingerprint density at radius 1 is 1.10 bits per heavy atom.